The zero-order valence-corrected chi connectivity index (χ0v) is 16.4. The van der Waals surface area contributed by atoms with Crippen LogP contribution in [-0.4, -0.2) is 18.5 Å². The number of aryl methyl sites for hydroxylation is 1. The normalized spacial score (nSPS) is 11.9. The van der Waals surface area contributed by atoms with Gasteiger partial charge in [-0.15, -0.1) is 0 Å². The second kappa shape index (κ2) is 10.5. The highest BCUT2D eigenvalue weighted by Crippen LogP contribution is 2.15. The Hall–Kier alpha value is -2.62. The second-order valence-corrected chi connectivity index (χ2v) is 7.28. The zero-order chi connectivity index (χ0) is 19.6. The molecule has 0 heterocycles. The van der Waals surface area contributed by atoms with Gasteiger partial charge < -0.3 is 10.1 Å². The van der Waals surface area contributed by atoms with Crippen LogP contribution in [0.25, 0.3) is 0 Å². The van der Waals surface area contributed by atoms with Crippen molar-refractivity contribution < 1.29 is 14.3 Å². The van der Waals surface area contributed by atoms with Crippen molar-refractivity contribution in [2.45, 2.75) is 46.1 Å². The summed E-state index contributed by atoms with van der Waals surface area (Å²) in [4.78, 5) is 23.8. The molecule has 2 aromatic rings. The molecule has 27 heavy (non-hydrogen) atoms. The molecule has 0 saturated carbocycles. The average Bonchev–Trinajstić information content (AvgIpc) is 2.65. The molecule has 0 aromatic heterocycles. The molecule has 4 heteroatoms. The molecule has 0 saturated heterocycles. The fourth-order valence-electron chi connectivity index (χ4n) is 2.89. The minimum Gasteiger partial charge on any atom is -0.456 e. The third kappa shape index (κ3) is 7.65. The number of rotatable bonds is 9. The monoisotopic (exact) mass is 367 g/mol. The van der Waals surface area contributed by atoms with Crippen LogP contribution in [0.1, 0.15) is 49.9 Å². The van der Waals surface area contributed by atoms with Crippen molar-refractivity contribution in [2.75, 3.05) is 6.61 Å². The lowest BCUT2D eigenvalue weighted by molar-refractivity contribution is -0.148. The summed E-state index contributed by atoms with van der Waals surface area (Å²) < 4.78 is 5.07. The Bertz CT molecular complexity index is 723. The highest BCUT2D eigenvalue weighted by atomic mass is 16.5. The van der Waals surface area contributed by atoms with Crippen LogP contribution in [-0.2, 0) is 27.2 Å². The first-order chi connectivity index (χ1) is 12.9. The van der Waals surface area contributed by atoms with Crippen LogP contribution >= 0.6 is 0 Å². The van der Waals surface area contributed by atoms with Gasteiger partial charge in [-0.25, -0.2) is 0 Å². The largest absolute Gasteiger partial charge is 0.456 e. The van der Waals surface area contributed by atoms with E-state index in [1.54, 1.807) is 0 Å². The maximum atomic E-state index is 12.0. The van der Waals surface area contributed by atoms with E-state index < -0.39 is 0 Å². The van der Waals surface area contributed by atoms with Crippen molar-refractivity contribution in [1.82, 2.24) is 5.32 Å². The number of amides is 1. The van der Waals surface area contributed by atoms with Gasteiger partial charge in [-0.2, -0.15) is 0 Å². The van der Waals surface area contributed by atoms with Crippen molar-refractivity contribution >= 4 is 11.9 Å². The second-order valence-electron chi connectivity index (χ2n) is 7.28. The minimum absolute atomic E-state index is 0.131. The summed E-state index contributed by atoms with van der Waals surface area (Å²) in [6, 6.07) is 17.9. The summed E-state index contributed by atoms with van der Waals surface area (Å²) >= 11 is 0. The predicted octanol–water partition coefficient (Wildman–Crippen LogP) is 4.24. The smallest absolute Gasteiger partial charge is 0.306 e. The Kier molecular flexibility index (Phi) is 8.05. The van der Waals surface area contributed by atoms with E-state index >= 15 is 0 Å². The fourth-order valence-corrected chi connectivity index (χ4v) is 2.89. The van der Waals surface area contributed by atoms with Crippen LogP contribution in [0.4, 0.5) is 0 Å². The predicted molar refractivity (Wildman–Crippen MR) is 107 cm³/mol. The molecule has 1 N–H and O–H groups in total. The lowest BCUT2D eigenvalue weighted by Crippen LogP contribution is -2.31. The number of esters is 1. The molecule has 144 valence electrons. The molecule has 0 aliphatic carbocycles. The summed E-state index contributed by atoms with van der Waals surface area (Å²) in [6.45, 7) is 6.06. The molecule has 1 atom stereocenters. The van der Waals surface area contributed by atoms with E-state index in [1.807, 2.05) is 49.4 Å². The van der Waals surface area contributed by atoms with Crippen LogP contribution in [0, 0.1) is 5.92 Å². The standard InChI is InChI=1S/C23H29NO3/c1-17(2)15-20-9-12-21(13-10-20)18(3)24-22(25)16-27-23(26)14-11-19-7-5-4-6-8-19/h4-10,12-13,17-18H,11,14-16H2,1-3H3,(H,24,25)/t18-/m0/s1. The van der Waals surface area contributed by atoms with Crippen LogP contribution < -0.4 is 5.32 Å². The zero-order valence-electron chi connectivity index (χ0n) is 16.4. The molecule has 0 fully saturated rings. The lowest BCUT2D eigenvalue weighted by atomic mass is 10.00. The third-order valence-electron chi connectivity index (χ3n) is 4.33. The fraction of sp³-hybridized carbons (Fsp3) is 0.391. The van der Waals surface area contributed by atoms with Crippen molar-refractivity contribution in [3.8, 4) is 0 Å². The summed E-state index contributed by atoms with van der Waals surface area (Å²) in [7, 11) is 0. The Morgan fingerprint density at radius 3 is 2.22 bits per heavy atom. The van der Waals surface area contributed by atoms with E-state index in [9.17, 15) is 9.59 Å². The maximum Gasteiger partial charge on any atom is 0.306 e. The van der Waals surface area contributed by atoms with Gasteiger partial charge in [0, 0.05) is 6.42 Å². The number of carbonyl (C=O) groups is 2. The molecule has 2 rings (SSSR count). The molecular weight excluding hydrogens is 338 g/mol. The van der Waals surface area contributed by atoms with Crippen molar-refractivity contribution in [3.05, 3.63) is 71.3 Å². The first kappa shape index (κ1) is 20.7. The highest BCUT2D eigenvalue weighted by Gasteiger charge is 2.12. The number of hydrogen-bond donors (Lipinski definition) is 1. The SMILES string of the molecule is CC(C)Cc1ccc([C@H](C)NC(=O)COC(=O)CCc2ccccc2)cc1. The molecule has 4 nitrogen and oxygen atoms in total. The van der Waals surface area contributed by atoms with Gasteiger partial charge in [0.05, 0.1) is 6.04 Å². The minimum atomic E-state index is -0.361. The number of hydrogen-bond acceptors (Lipinski definition) is 3. The van der Waals surface area contributed by atoms with Crippen LogP contribution in [0.5, 0.6) is 0 Å². The first-order valence-corrected chi connectivity index (χ1v) is 9.51. The van der Waals surface area contributed by atoms with E-state index in [4.69, 9.17) is 4.74 Å². The van der Waals surface area contributed by atoms with Gasteiger partial charge >= 0.3 is 5.97 Å². The number of carbonyl (C=O) groups excluding carboxylic acids is 2. The Morgan fingerprint density at radius 2 is 1.59 bits per heavy atom. The van der Waals surface area contributed by atoms with E-state index in [-0.39, 0.29) is 30.9 Å². The summed E-state index contributed by atoms with van der Waals surface area (Å²) in [5, 5.41) is 2.87. The third-order valence-corrected chi connectivity index (χ3v) is 4.33. The van der Waals surface area contributed by atoms with E-state index in [0.717, 1.165) is 17.5 Å². The number of ether oxygens (including phenoxy) is 1. The molecule has 0 aliphatic heterocycles. The molecule has 0 bridgehead atoms. The molecule has 1 amide bonds. The quantitative estimate of drug-likeness (QED) is 0.675. The number of benzene rings is 2. The summed E-state index contributed by atoms with van der Waals surface area (Å²) in [5.74, 6) is -0.0361. The van der Waals surface area contributed by atoms with Crippen molar-refractivity contribution in [3.63, 3.8) is 0 Å². The van der Waals surface area contributed by atoms with Crippen LogP contribution in [0.2, 0.25) is 0 Å². The van der Waals surface area contributed by atoms with Gasteiger partial charge in [0.15, 0.2) is 6.61 Å². The van der Waals surface area contributed by atoms with E-state index in [2.05, 4.69) is 31.3 Å². The average molecular weight is 367 g/mol. The Morgan fingerprint density at radius 1 is 0.926 bits per heavy atom. The molecule has 0 aliphatic rings. The highest BCUT2D eigenvalue weighted by molar-refractivity contribution is 5.80. The summed E-state index contributed by atoms with van der Waals surface area (Å²) in [6.07, 6.45) is 1.92. The Balaban J connectivity index is 1.72. The van der Waals surface area contributed by atoms with Crippen LogP contribution in [0.3, 0.4) is 0 Å². The molecule has 0 unspecified atom stereocenters. The van der Waals surface area contributed by atoms with Gasteiger partial charge in [0.1, 0.15) is 0 Å². The van der Waals surface area contributed by atoms with Gasteiger partial charge in [-0.05, 0) is 42.4 Å². The van der Waals surface area contributed by atoms with Crippen LogP contribution in [0.15, 0.2) is 54.6 Å². The lowest BCUT2D eigenvalue weighted by Gasteiger charge is -2.15. The van der Waals surface area contributed by atoms with Crippen molar-refractivity contribution in [1.29, 1.82) is 0 Å². The van der Waals surface area contributed by atoms with Gasteiger partial charge in [-0.1, -0.05) is 68.4 Å². The Labute approximate surface area is 161 Å². The summed E-state index contributed by atoms with van der Waals surface area (Å²) in [5.41, 5.74) is 3.40. The van der Waals surface area contributed by atoms with E-state index in [0.29, 0.717) is 12.3 Å². The van der Waals surface area contributed by atoms with Gasteiger partial charge in [-0.3, -0.25) is 9.59 Å². The molecule has 2 aromatic carbocycles. The van der Waals surface area contributed by atoms with Gasteiger partial charge in [0.2, 0.25) is 0 Å². The topological polar surface area (TPSA) is 55.4 Å². The maximum absolute atomic E-state index is 12.0. The van der Waals surface area contributed by atoms with Gasteiger partial charge in [0.25, 0.3) is 5.91 Å². The van der Waals surface area contributed by atoms with E-state index in [1.165, 1.54) is 5.56 Å². The number of nitrogens with one attached hydrogen (secondary N) is 1. The molecule has 0 spiro atoms. The molecular formula is C23H29NO3. The van der Waals surface area contributed by atoms with Crippen molar-refractivity contribution in [2.24, 2.45) is 5.92 Å². The first-order valence-electron chi connectivity index (χ1n) is 9.51. The molecule has 0 radical (unpaired) electrons.